The molecule has 5 nitrogen and oxygen atoms in total. The number of carbonyl (C=O) groups excluding carboxylic acids is 1. The lowest BCUT2D eigenvalue weighted by Crippen LogP contribution is -1.99. The van der Waals surface area contributed by atoms with Gasteiger partial charge in [-0.1, -0.05) is 36.4 Å². The fraction of sp³-hybridized carbons (Fsp3) is 0. The number of halogens is 1. The van der Waals surface area contributed by atoms with Gasteiger partial charge in [0.2, 0.25) is 0 Å². The quantitative estimate of drug-likeness (QED) is 0.333. The fourth-order valence-corrected chi connectivity index (χ4v) is 3.10. The third-order valence-electron chi connectivity index (χ3n) is 3.62. The van der Waals surface area contributed by atoms with E-state index in [1.54, 1.807) is 36.4 Å². The normalized spacial score (nSPS) is 13.1. The summed E-state index contributed by atoms with van der Waals surface area (Å²) in [6.45, 7) is 0. The van der Waals surface area contributed by atoms with Crippen molar-refractivity contribution in [3.63, 3.8) is 0 Å². The van der Waals surface area contributed by atoms with E-state index in [4.69, 9.17) is 9.05 Å². The Kier molecular flexibility index (Phi) is 6.04. The summed E-state index contributed by atoms with van der Waals surface area (Å²) in [5, 5.41) is 0. The second kappa shape index (κ2) is 8.65. The van der Waals surface area contributed by atoms with Crippen LogP contribution in [0.1, 0.15) is 15.9 Å². The van der Waals surface area contributed by atoms with E-state index in [9.17, 15) is 18.6 Å². The van der Waals surface area contributed by atoms with Crippen LogP contribution in [0.15, 0.2) is 84.9 Å². The summed E-state index contributed by atoms with van der Waals surface area (Å²) in [6.07, 6.45) is 2.94. The first-order chi connectivity index (χ1) is 13.4. The zero-order valence-electron chi connectivity index (χ0n) is 14.6. The third-order valence-corrected chi connectivity index (χ3v) is 4.50. The molecule has 0 saturated carbocycles. The average Bonchev–Trinajstić information content (AvgIpc) is 2.68. The summed E-state index contributed by atoms with van der Waals surface area (Å²) in [6, 6.07) is 19.6. The summed E-state index contributed by atoms with van der Waals surface area (Å²) in [5.74, 6) is -0.319. The Bertz CT molecular complexity index is 1010. The van der Waals surface area contributed by atoms with Crippen molar-refractivity contribution in [2.45, 2.75) is 0 Å². The van der Waals surface area contributed by atoms with E-state index in [1.165, 1.54) is 54.6 Å². The van der Waals surface area contributed by atoms with Crippen molar-refractivity contribution in [3.05, 3.63) is 102 Å². The number of rotatable bonds is 7. The van der Waals surface area contributed by atoms with Crippen molar-refractivity contribution in [2.24, 2.45) is 0 Å². The smallest absolute Gasteiger partial charge is 0.395 e. The van der Waals surface area contributed by atoms with Gasteiger partial charge in [-0.3, -0.25) is 9.69 Å². The molecule has 3 rings (SSSR count). The molecule has 0 bridgehead atoms. The molecule has 28 heavy (non-hydrogen) atoms. The van der Waals surface area contributed by atoms with Crippen molar-refractivity contribution in [1.82, 2.24) is 0 Å². The Balaban J connectivity index is 1.62. The van der Waals surface area contributed by atoms with Gasteiger partial charge in [-0.25, -0.2) is 8.96 Å². The Labute approximate surface area is 161 Å². The molecule has 0 radical (unpaired) electrons. The number of para-hydroxylation sites is 1. The first kappa shape index (κ1) is 19.5. The van der Waals surface area contributed by atoms with Gasteiger partial charge in [-0.15, -0.1) is 0 Å². The molecule has 0 heterocycles. The van der Waals surface area contributed by atoms with E-state index in [0.29, 0.717) is 11.1 Å². The van der Waals surface area contributed by atoms with Crippen LogP contribution in [0, 0.1) is 5.82 Å². The van der Waals surface area contributed by atoms with Crippen LogP contribution in [0.3, 0.4) is 0 Å². The highest BCUT2D eigenvalue weighted by Gasteiger charge is 2.24. The monoisotopic (exact) mass is 398 g/mol. The first-order valence-electron chi connectivity index (χ1n) is 8.26. The van der Waals surface area contributed by atoms with Crippen molar-refractivity contribution in [3.8, 4) is 11.5 Å². The fourth-order valence-electron chi connectivity index (χ4n) is 2.29. The van der Waals surface area contributed by atoms with Gasteiger partial charge in [-0.2, -0.15) is 0 Å². The molecule has 1 N–H and O–H groups in total. The highest BCUT2D eigenvalue weighted by Crippen LogP contribution is 2.44. The van der Waals surface area contributed by atoms with Gasteiger partial charge >= 0.3 is 7.82 Å². The highest BCUT2D eigenvalue weighted by molar-refractivity contribution is 7.48. The molecule has 142 valence electrons. The average molecular weight is 398 g/mol. The number of carbonyl (C=O) groups is 1. The molecule has 3 aromatic carbocycles. The molecule has 7 heteroatoms. The van der Waals surface area contributed by atoms with Crippen LogP contribution in [0.5, 0.6) is 11.5 Å². The van der Waals surface area contributed by atoms with Crippen molar-refractivity contribution < 1.29 is 27.7 Å². The van der Waals surface area contributed by atoms with Gasteiger partial charge in [0.25, 0.3) is 0 Å². The van der Waals surface area contributed by atoms with Crippen LogP contribution >= 0.6 is 7.82 Å². The maximum Gasteiger partial charge on any atom is 0.584 e. The molecule has 0 fully saturated rings. The minimum absolute atomic E-state index is 0.142. The van der Waals surface area contributed by atoms with Gasteiger partial charge in [-0.05, 0) is 60.2 Å². The summed E-state index contributed by atoms with van der Waals surface area (Å²) in [5.41, 5.74) is 1.05. The van der Waals surface area contributed by atoms with Crippen molar-refractivity contribution in [1.29, 1.82) is 0 Å². The van der Waals surface area contributed by atoms with E-state index in [-0.39, 0.29) is 17.3 Å². The number of benzene rings is 3. The summed E-state index contributed by atoms with van der Waals surface area (Å²) < 4.78 is 35.0. The van der Waals surface area contributed by atoms with E-state index >= 15 is 0 Å². The molecular formula is C21H16FO5P. The zero-order chi connectivity index (χ0) is 20.0. The molecule has 0 amide bonds. The van der Waals surface area contributed by atoms with E-state index in [2.05, 4.69) is 0 Å². The summed E-state index contributed by atoms with van der Waals surface area (Å²) in [4.78, 5) is 21.9. The molecular weight excluding hydrogens is 382 g/mol. The van der Waals surface area contributed by atoms with Crippen LogP contribution in [0.4, 0.5) is 4.39 Å². The molecule has 0 spiro atoms. The molecule has 3 aromatic rings. The zero-order valence-corrected chi connectivity index (χ0v) is 15.5. The highest BCUT2D eigenvalue weighted by atomic mass is 31.2. The number of hydrogen-bond acceptors (Lipinski definition) is 4. The van der Waals surface area contributed by atoms with E-state index in [1.807, 2.05) is 0 Å². The number of ketones is 1. The Morgan fingerprint density at radius 2 is 1.43 bits per heavy atom. The maximum absolute atomic E-state index is 12.9. The number of allylic oxidation sites excluding steroid dienone is 1. The van der Waals surface area contributed by atoms with Crippen LogP contribution < -0.4 is 9.05 Å². The van der Waals surface area contributed by atoms with Crippen LogP contribution in [-0.4, -0.2) is 10.7 Å². The molecule has 0 saturated heterocycles. The van der Waals surface area contributed by atoms with E-state index in [0.717, 1.165) is 0 Å². The second-order valence-corrected chi connectivity index (χ2v) is 7.04. The molecule has 0 aliphatic rings. The second-order valence-electron chi connectivity index (χ2n) is 5.74. The molecule has 0 aliphatic heterocycles. The van der Waals surface area contributed by atoms with Gasteiger partial charge in [0, 0.05) is 5.56 Å². The molecule has 1 atom stereocenters. The topological polar surface area (TPSA) is 72.8 Å². The van der Waals surface area contributed by atoms with E-state index < -0.39 is 13.6 Å². The lowest BCUT2D eigenvalue weighted by molar-refractivity contribution is 0.104. The largest absolute Gasteiger partial charge is 0.584 e. The standard InChI is InChI=1S/C21H16FO5P/c22-18-11-9-17(10-12-18)21(23)15-8-16-6-13-20(14-7-16)27-28(24,25)26-19-4-2-1-3-5-19/h1-15H,(H,24,25). The predicted octanol–water partition coefficient (Wildman–Crippen LogP) is 5.28. The van der Waals surface area contributed by atoms with Gasteiger partial charge in [0.15, 0.2) is 5.78 Å². The molecule has 0 aromatic heterocycles. The van der Waals surface area contributed by atoms with Crippen molar-refractivity contribution in [2.75, 3.05) is 0 Å². The Hall–Kier alpha value is -3.21. The van der Waals surface area contributed by atoms with Gasteiger partial charge in [0.05, 0.1) is 0 Å². The minimum atomic E-state index is -4.33. The predicted molar refractivity (Wildman–Crippen MR) is 104 cm³/mol. The maximum atomic E-state index is 12.9. The van der Waals surface area contributed by atoms with Crippen molar-refractivity contribution >= 4 is 19.7 Å². The number of phosphoric acid groups is 1. The molecule has 0 aliphatic carbocycles. The Morgan fingerprint density at radius 3 is 2.04 bits per heavy atom. The lowest BCUT2D eigenvalue weighted by atomic mass is 10.1. The van der Waals surface area contributed by atoms with Gasteiger partial charge < -0.3 is 9.05 Å². The Morgan fingerprint density at radius 1 is 0.857 bits per heavy atom. The van der Waals surface area contributed by atoms with Crippen LogP contribution in [-0.2, 0) is 4.57 Å². The SMILES string of the molecule is O=C(C=Cc1ccc(OP(=O)(O)Oc2ccccc2)cc1)c1ccc(F)cc1. The van der Waals surface area contributed by atoms with Crippen LogP contribution in [0.2, 0.25) is 0 Å². The number of hydrogen-bond donors (Lipinski definition) is 1. The lowest BCUT2D eigenvalue weighted by Gasteiger charge is -2.13. The summed E-state index contributed by atoms with van der Waals surface area (Å²) in [7, 11) is -4.33. The number of phosphoric ester groups is 1. The minimum Gasteiger partial charge on any atom is -0.395 e. The summed E-state index contributed by atoms with van der Waals surface area (Å²) >= 11 is 0. The molecule has 1 unspecified atom stereocenters. The van der Waals surface area contributed by atoms with Crippen LogP contribution in [0.25, 0.3) is 6.08 Å². The third kappa shape index (κ3) is 5.64. The first-order valence-corrected chi connectivity index (χ1v) is 9.76. The van der Waals surface area contributed by atoms with Gasteiger partial charge in [0.1, 0.15) is 17.3 Å².